The first-order valence-electron chi connectivity index (χ1n) is 9.47. The smallest absolute Gasteiger partial charge is 0.234 e. The lowest BCUT2D eigenvalue weighted by Crippen LogP contribution is -2.39. The molecule has 0 radical (unpaired) electrons. The molecule has 0 spiro atoms. The summed E-state index contributed by atoms with van der Waals surface area (Å²) in [4.78, 5) is 23.4. The van der Waals surface area contributed by atoms with Gasteiger partial charge >= 0.3 is 0 Å². The highest BCUT2D eigenvalue weighted by Crippen LogP contribution is 2.27. The van der Waals surface area contributed by atoms with Gasteiger partial charge in [-0.1, -0.05) is 43.3 Å². The molecule has 0 bridgehead atoms. The standard InChI is InChI=1S/C21H28N4OS/c1-14-5-6-18(17(4)8-14)24-20(26)12-27-21-9-19(22-13-23-21)25-10-15(2)7-16(3)11-25/h5-6,8-9,13,15-16H,7,10-12H2,1-4H3,(H,24,26)/t15-,16+. The number of piperidine rings is 1. The average molecular weight is 385 g/mol. The Morgan fingerprint density at radius 1 is 1.19 bits per heavy atom. The average Bonchev–Trinajstić information content (AvgIpc) is 2.62. The van der Waals surface area contributed by atoms with Crippen molar-refractivity contribution in [3.05, 3.63) is 41.7 Å². The van der Waals surface area contributed by atoms with Crippen LogP contribution in [0.5, 0.6) is 0 Å². The second-order valence-electron chi connectivity index (χ2n) is 7.72. The maximum atomic E-state index is 12.3. The van der Waals surface area contributed by atoms with Crippen molar-refractivity contribution in [1.82, 2.24) is 9.97 Å². The maximum Gasteiger partial charge on any atom is 0.234 e. The summed E-state index contributed by atoms with van der Waals surface area (Å²) in [5, 5.41) is 3.82. The second-order valence-corrected chi connectivity index (χ2v) is 8.72. The number of nitrogens with one attached hydrogen (secondary N) is 1. The molecule has 5 nitrogen and oxygen atoms in total. The Bertz CT molecular complexity index is 801. The van der Waals surface area contributed by atoms with Crippen LogP contribution in [0.4, 0.5) is 11.5 Å². The molecule has 1 saturated heterocycles. The fourth-order valence-corrected chi connectivity index (χ4v) is 4.37. The van der Waals surface area contributed by atoms with Gasteiger partial charge in [-0.15, -0.1) is 0 Å². The topological polar surface area (TPSA) is 58.1 Å². The first-order chi connectivity index (χ1) is 12.9. The van der Waals surface area contributed by atoms with Gasteiger partial charge in [-0.3, -0.25) is 4.79 Å². The molecule has 2 atom stereocenters. The highest BCUT2D eigenvalue weighted by molar-refractivity contribution is 7.99. The Morgan fingerprint density at radius 2 is 1.93 bits per heavy atom. The van der Waals surface area contributed by atoms with Crippen LogP contribution in [-0.2, 0) is 4.79 Å². The number of aryl methyl sites for hydroxylation is 2. The van der Waals surface area contributed by atoms with Crippen molar-refractivity contribution in [2.24, 2.45) is 11.8 Å². The van der Waals surface area contributed by atoms with Crippen LogP contribution in [0.1, 0.15) is 31.4 Å². The first-order valence-corrected chi connectivity index (χ1v) is 10.5. The normalized spacial score (nSPS) is 19.8. The van der Waals surface area contributed by atoms with E-state index in [4.69, 9.17) is 0 Å². The van der Waals surface area contributed by atoms with Crippen LogP contribution in [0.25, 0.3) is 0 Å². The number of thioether (sulfide) groups is 1. The van der Waals surface area contributed by atoms with Crippen molar-refractivity contribution < 1.29 is 4.79 Å². The molecule has 0 aliphatic carbocycles. The van der Waals surface area contributed by atoms with Gasteiger partial charge < -0.3 is 10.2 Å². The summed E-state index contributed by atoms with van der Waals surface area (Å²) >= 11 is 1.45. The third-order valence-electron chi connectivity index (χ3n) is 4.83. The summed E-state index contributed by atoms with van der Waals surface area (Å²) < 4.78 is 0. The van der Waals surface area contributed by atoms with Crippen LogP contribution >= 0.6 is 11.8 Å². The van der Waals surface area contributed by atoms with Crippen molar-refractivity contribution in [2.75, 3.05) is 29.1 Å². The molecule has 6 heteroatoms. The Labute approximate surface area is 166 Å². The van der Waals surface area contributed by atoms with E-state index in [0.717, 1.165) is 35.2 Å². The van der Waals surface area contributed by atoms with Crippen LogP contribution < -0.4 is 10.2 Å². The number of hydrogen-bond donors (Lipinski definition) is 1. The zero-order valence-electron chi connectivity index (χ0n) is 16.5. The van der Waals surface area contributed by atoms with Crippen LogP contribution in [0, 0.1) is 25.7 Å². The zero-order chi connectivity index (χ0) is 19.4. The Kier molecular flexibility index (Phi) is 6.37. The monoisotopic (exact) mass is 384 g/mol. The molecule has 3 rings (SSSR count). The highest BCUT2D eigenvalue weighted by Gasteiger charge is 2.23. The predicted octanol–water partition coefficient (Wildman–Crippen LogP) is 4.31. The molecule has 2 heterocycles. The van der Waals surface area contributed by atoms with E-state index >= 15 is 0 Å². The molecule has 1 N–H and O–H groups in total. The summed E-state index contributed by atoms with van der Waals surface area (Å²) in [6, 6.07) is 8.03. The SMILES string of the molecule is Cc1ccc(NC(=O)CSc2cc(N3C[C@H](C)C[C@H](C)C3)ncn2)c(C)c1. The van der Waals surface area contributed by atoms with Gasteiger partial charge in [0.05, 0.1) is 5.75 Å². The summed E-state index contributed by atoms with van der Waals surface area (Å²) in [5.74, 6) is 2.61. The number of nitrogens with zero attached hydrogens (tertiary/aromatic N) is 3. The molecule has 1 amide bonds. The van der Waals surface area contributed by atoms with Crippen LogP contribution in [0.15, 0.2) is 35.6 Å². The fraction of sp³-hybridized carbons (Fsp3) is 0.476. The minimum Gasteiger partial charge on any atom is -0.356 e. The van der Waals surface area contributed by atoms with Gasteiger partial charge in [-0.2, -0.15) is 0 Å². The summed E-state index contributed by atoms with van der Waals surface area (Å²) in [5.41, 5.74) is 3.13. The van der Waals surface area contributed by atoms with Gasteiger partial charge in [-0.25, -0.2) is 9.97 Å². The first kappa shape index (κ1) is 19.7. The Balaban J connectivity index is 1.58. The lowest BCUT2D eigenvalue weighted by Gasteiger charge is -2.35. The van der Waals surface area contributed by atoms with E-state index in [1.807, 2.05) is 32.0 Å². The Morgan fingerprint density at radius 3 is 2.63 bits per heavy atom. The number of hydrogen-bond acceptors (Lipinski definition) is 5. The molecular weight excluding hydrogens is 356 g/mol. The summed E-state index contributed by atoms with van der Waals surface area (Å²) in [6.07, 6.45) is 2.87. The quantitative estimate of drug-likeness (QED) is 0.615. The van der Waals surface area contributed by atoms with Crippen molar-refractivity contribution >= 4 is 29.2 Å². The lowest BCUT2D eigenvalue weighted by atomic mass is 9.92. The summed E-state index contributed by atoms with van der Waals surface area (Å²) in [7, 11) is 0. The third kappa shape index (κ3) is 5.45. The molecule has 144 valence electrons. The molecule has 27 heavy (non-hydrogen) atoms. The maximum absolute atomic E-state index is 12.3. The minimum atomic E-state index is -0.0210. The summed E-state index contributed by atoms with van der Waals surface area (Å²) in [6.45, 7) is 10.7. The number of carbonyl (C=O) groups excluding carboxylic acids is 1. The van der Waals surface area contributed by atoms with Gasteiger partial charge in [0.1, 0.15) is 17.2 Å². The minimum absolute atomic E-state index is 0.0210. The predicted molar refractivity (Wildman–Crippen MR) is 112 cm³/mol. The fourth-order valence-electron chi connectivity index (χ4n) is 3.71. The van der Waals surface area contributed by atoms with Crippen molar-refractivity contribution in [2.45, 2.75) is 39.1 Å². The second kappa shape index (κ2) is 8.74. The number of carbonyl (C=O) groups is 1. The largest absolute Gasteiger partial charge is 0.356 e. The van der Waals surface area contributed by atoms with Crippen molar-refractivity contribution in [1.29, 1.82) is 0 Å². The molecule has 0 unspecified atom stereocenters. The lowest BCUT2D eigenvalue weighted by molar-refractivity contribution is -0.113. The van der Waals surface area contributed by atoms with Gasteiger partial charge in [-0.05, 0) is 43.7 Å². The zero-order valence-corrected chi connectivity index (χ0v) is 17.3. The third-order valence-corrected chi connectivity index (χ3v) is 5.75. The highest BCUT2D eigenvalue weighted by atomic mass is 32.2. The van der Waals surface area contributed by atoms with Crippen LogP contribution in [0.3, 0.4) is 0 Å². The Hall–Kier alpha value is -2.08. The number of amides is 1. The van der Waals surface area contributed by atoms with E-state index in [2.05, 4.69) is 40.1 Å². The van der Waals surface area contributed by atoms with E-state index in [-0.39, 0.29) is 5.91 Å². The van der Waals surface area contributed by atoms with E-state index in [1.54, 1.807) is 6.33 Å². The van der Waals surface area contributed by atoms with E-state index in [9.17, 15) is 4.79 Å². The molecule has 1 aliphatic rings. The molecule has 1 aliphatic heterocycles. The van der Waals surface area contributed by atoms with Gasteiger partial charge in [0.2, 0.25) is 5.91 Å². The number of aromatic nitrogens is 2. The molecule has 0 saturated carbocycles. The number of benzene rings is 1. The number of anilines is 2. The molecule has 1 aromatic carbocycles. The number of rotatable bonds is 5. The van der Waals surface area contributed by atoms with E-state index < -0.39 is 0 Å². The van der Waals surface area contributed by atoms with E-state index in [0.29, 0.717) is 17.6 Å². The van der Waals surface area contributed by atoms with Crippen LogP contribution in [-0.4, -0.2) is 34.7 Å². The van der Waals surface area contributed by atoms with Crippen molar-refractivity contribution in [3.63, 3.8) is 0 Å². The molecule has 1 fully saturated rings. The molecule has 1 aromatic heterocycles. The molecule has 2 aromatic rings. The molecular formula is C21H28N4OS. The van der Waals surface area contributed by atoms with Gasteiger partial charge in [0.15, 0.2) is 0 Å². The van der Waals surface area contributed by atoms with Crippen LogP contribution in [0.2, 0.25) is 0 Å². The van der Waals surface area contributed by atoms with Crippen molar-refractivity contribution in [3.8, 4) is 0 Å². The van der Waals surface area contributed by atoms with Gasteiger partial charge in [0, 0.05) is 24.8 Å². The van der Waals surface area contributed by atoms with E-state index in [1.165, 1.54) is 23.7 Å². The van der Waals surface area contributed by atoms with Gasteiger partial charge in [0.25, 0.3) is 0 Å².